The lowest BCUT2D eigenvalue weighted by Crippen LogP contribution is -2.38. The van der Waals surface area contributed by atoms with Gasteiger partial charge in [-0.3, -0.25) is 19.3 Å². The minimum Gasteiger partial charge on any atom is -0.339 e. The van der Waals surface area contributed by atoms with E-state index in [0.29, 0.717) is 11.5 Å². The van der Waals surface area contributed by atoms with E-state index in [1.54, 1.807) is 29.6 Å². The Bertz CT molecular complexity index is 841. The molecule has 7 nitrogen and oxygen atoms in total. The molecule has 0 bridgehead atoms. The predicted octanol–water partition coefficient (Wildman–Crippen LogP) is 2.08. The number of piperidine rings is 1. The number of nitrogens with zero attached hydrogens (tertiary/aromatic N) is 6. The van der Waals surface area contributed by atoms with Crippen LogP contribution in [-0.4, -0.2) is 48.6 Å². The van der Waals surface area contributed by atoms with Crippen LogP contribution in [0.2, 0.25) is 0 Å². The summed E-state index contributed by atoms with van der Waals surface area (Å²) in [6, 6.07) is 7.54. The normalized spacial score (nSPS) is 15.3. The molecule has 0 spiro atoms. The maximum atomic E-state index is 12.8. The first kappa shape index (κ1) is 15.4. The van der Waals surface area contributed by atoms with Crippen molar-refractivity contribution in [3.63, 3.8) is 0 Å². The summed E-state index contributed by atoms with van der Waals surface area (Å²) >= 11 is 0. The lowest BCUT2D eigenvalue weighted by Gasteiger charge is -2.31. The molecule has 25 heavy (non-hydrogen) atoms. The average Bonchev–Trinajstić information content (AvgIpc) is 3.23. The summed E-state index contributed by atoms with van der Waals surface area (Å²) in [7, 11) is 0. The summed E-state index contributed by atoms with van der Waals surface area (Å²) in [6.45, 7) is 1.47. The molecule has 1 aliphatic rings. The van der Waals surface area contributed by atoms with E-state index in [2.05, 4.69) is 20.2 Å². The molecule has 3 aromatic rings. The van der Waals surface area contributed by atoms with Gasteiger partial charge in [0.2, 0.25) is 0 Å². The Labute approximate surface area is 145 Å². The van der Waals surface area contributed by atoms with E-state index in [9.17, 15) is 4.79 Å². The zero-order valence-corrected chi connectivity index (χ0v) is 13.7. The highest BCUT2D eigenvalue weighted by molar-refractivity contribution is 5.94. The van der Waals surface area contributed by atoms with Gasteiger partial charge in [-0.1, -0.05) is 6.07 Å². The van der Waals surface area contributed by atoms with Crippen molar-refractivity contribution >= 4 is 5.91 Å². The lowest BCUT2D eigenvalue weighted by atomic mass is 9.93. The number of amides is 1. The van der Waals surface area contributed by atoms with E-state index >= 15 is 0 Å². The van der Waals surface area contributed by atoms with Crippen LogP contribution in [-0.2, 0) is 0 Å². The molecular formula is C18H18N6O. The van der Waals surface area contributed by atoms with Crippen molar-refractivity contribution < 1.29 is 4.79 Å². The van der Waals surface area contributed by atoms with Gasteiger partial charge in [0.15, 0.2) is 0 Å². The Kier molecular flexibility index (Phi) is 4.20. The lowest BCUT2D eigenvalue weighted by molar-refractivity contribution is 0.0712. The van der Waals surface area contributed by atoms with Crippen molar-refractivity contribution in [2.75, 3.05) is 13.1 Å². The highest BCUT2D eigenvalue weighted by atomic mass is 16.2. The van der Waals surface area contributed by atoms with Crippen LogP contribution in [0, 0.1) is 0 Å². The number of rotatable bonds is 3. The van der Waals surface area contributed by atoms with Crippen LogP contribution in [0.5, 0.6) is 0 Å². The monoisotopic (exact) mass is 334 g/mol. The first-order chi connectivity index (χ1) is 12.3. The van der Waals surface area contributed by atoms with E-state index in [1.807, 2.05) is 35.4 Å². The maximum absolute atomic E-state index is 12.8. The molecule has 1 aromatic carbocycles. The molecule has 4 rings (SSSR count). The van der Waals surface area contributed by atoms with Crippen molar-refractivity contribution in [1.82, 2.24) is 29.6 Å². The van der Waals surface area contributed by atoms with Crippen molar-refractivity contribution in [3.8, 4) is 5.69 Å². The Morgan fingerprint density at radius 2 is 1.88 bits per heavy atom. The number of hydrogen-bond donors (Lipinski definition) is 0. The minimum absolute atomic E-state index is 0.0625. The second-order valence-electron chi connectivity index (χ2n) is 6.12. The molecule has 0 radical (unpaired) electrons. The number of aromatic nitrogens is 5. The SMILES string of the molecule is O=C(c1cccc(-n2cnnc2)c1)N1CCC(c2cnccn2)CC1. The molecule has 0 atom stereocenters. The predicted molar refractivity (Wildman–Crippen MR) is 91.3 cm³/mol. The second-order valence-corrected chi connectivity index (χ2v) is 6.12. The van der Waals surface area contributed by atoms with Gasteiger partial charge in [-0.2, -0.15) is 0 Å². The Balaban J connectivity index is 1.45. The van der Waals surface area contributed by atoms with Gasteiger partial charge in [0.05, 0.1) is 5.69 Å². The average molecular weight is 334 g/mol. The van der Waals surface area contributed by atoms with Crippen LogP contribution in [0.25, 0.3) is 5.69 Å². The number of likely N-dealkylation sites (tertiary alicyclic amines) is 1. The summed E-state index contributed by atoms with van der Waals surface area (Å²) in [4.78, 5) is 23.3. The third-order valence-electron chi connectivity index (χ3n) is 4.59. The van der Waals surface area contributed by atoms with Gasteiger partial charge in [0.1, 0.15) is 12.7 Å². The number of carbonyl (C=O) groups is 1. The molecule has 1 amide bonds. The molecule has 2 aromatic heterocycles. The van der Waals surface area contributed by atoms with E-state index in [-0.39, 0.29) is 5.91 Å². The van der Waals surface area contributed by atoms with Crippen LogP contribution in [0.1, 0.15) is 34.8 Å². The highest BCUT2D eigenvalue weighted by Crippen LogP contribution is 2.27. The van der Waals surface area contributed by atoms with Gasteiger partial charge in [0, 0.05) is 48.8 Å². The van der Waals surface area contributed by atoms with Gasteiger partial charge in [-0.15, -0.1) is 10.2 Å². The van der Waals surface area contributed by atoms with Gasteiger partial charge < -0.3 is 4.90 Å². The van der Waals surface area contributed by atoms with Crippen molar-refractivity contribution in [1.29, 1.82) is 0 Å². The number of carbonyl (C=O) groups excluding carboxylic acids is 1. The Hall–Kier alpha value is -3.09. The van der Waals surface area contributed by atoms with Crippen LogP contribution in [0.4, 0.5) is 0 Å². The molecule has 3 heterocycles. The van der Waals surface area contributed by atoms with Gasteiger partial charge >= 0.3 is 0 Å². The molecule has 1 fully saturated rings. The summed E-state index contributed by atoms with van der Waals surface area (Å²) in [5.74, 6) is 0.439. The standard InChI is InChI=1S/C18H18N6O/c25-18(15-2-1-3-16(10-15)24-12-21-22-13-24)23-8-4-14(5-9-23)17-11-19-6-7-20-17/h1-3,6-7,10-14H,4-5,8-9H2. The Morgan fingerprint density at radius 3 is 2.60 bits per heavy atom. The van der Waals surface area contributed by atoms with Crippen LogP contribution in [0.15, 0.2) is 55.5 Å². The quantitative estimate of drug-likeness (QED) is 0.733. The molecular weight excluding hydrogens is 316 g/mol. The number of hydrogen-bond acceptors (Lipinski definition) is 5. The van der Waals surface area contributed by atoms with Crippen molar-refractivity contribution in [2.45, 2.75) is 18.8 Å². The maximum Gasteiger partial charge on any atom is 0.253 e. The third-order valence-corrected chi connectivity index (χ3v) is 4.59. The van der Waals surface area contributed by atoms with Crippen LogP contribution < -0.4 is 0 Å². The first-order valence-corrected chi connectivity index (χ1v) is 8.31. The number of benzene rings is 1. The topological polar surface area (TPSA) is 76.8 Å². The van der Waals surface area contributed by atoms with Gasteiger partial charge in [0.25, 0.3) is 5.91 Å². The molecule has 1 saturated heterocycles. The second kappa shape index (κ2) is 6.80. The van der Waals surface area contributed by atoms with Crippen LogP contribution in [0.3, 0.4) is 0 Å². The third kappa shape index (κ3) is 3.26. The highest BCUT2D eigenvalue weighted by Gasteiger charge is 2.25. The molecule has 0 saturated carbocycles. The minimum atomic E-state index is 0.0625. The fourth-order valence-corrected chi connectivity index (χ4v) is 3.22. The molecule has 0 N–H and O–H groups in total. The first-order valence-electron chi connectivity index (χ1n) is 8.31. The smallest absolute Gasteiger partial charge is 0.253 e. The zero-order valence-electron chi connectivity index (χ0n) is 13.7. The van der Waals surface area contributed by atoms with Gasteiger partial charge in [-0.05, 0) is 31.0 Å². The van der Waals surface area contributed by atoms with E-state index in [1.165, 1.54) is 0 Å². The molecule has 0 aliphatic carbocycles. The van der Waals surface area contributed by atoms with Crippen molar-refractivity contribution in [3.05, 3.63) is 66.8 Å². The molecule has 1 aliphatic heterocycles. The van der Waals surface area contributed by atoms with Gasteiger partial charge in [-0.25, -0.2) is 0 Å². The van der Waals surface area contributed by atoms with Crippen molar-refractivity contribution in [2.24, 2.45) is 0 Å². The molecule has 7 heteroatoms. The molecule has 126 valence electrons. The summed E-state index contributed by atoms with van der Waals surface area (Å²) in [5.41, 5.74) is 2.58. The van der Waals surface area contributed by atoms with E-state index < -0.39 is 0 Å². The van der Waals surface area contributed by atoms with E-state index in [0.717, 1.165) is 37.3 Å². The zero-order chi connectivity index (χ0) is 17.1. The van der Waals surface area contributed by atoms with E-state index in [4.69, 9.17) is 0 Å². The Morgan fingerprint density at radius 1 is 1.08 bits per heavy atom. The molecule has 0 unspecified atom stereocenters. The summed E-state index contributed by atoms with van der Waals surface area (Å²) in [5, 5.41) is 7.61. The largest absolute Gasteiger partial charge is 0.339 e. The fourth-order valence-electron chi connectivity index (χ4n) is 3.22. The summed E-state index contributed by atoms with van der Waals surface area (Å²) in [6.07, 6.45) is 10.3. The van der Waals surface area contributed by atoms with Crippen LogP contribution >= 0.6 is 0 Å². The fraction of sp³-hybridized carbons (Fsp3) is 0.278. The summed E-state index contributed by atoms with van der Waals surface area (Å²) < 4.78 is 1.79.